The van der Waals surface area contributed by atoms with Gasteiger partial charge in [-0.15, -0.1) is 23.1 Å². The number of carbonyl (C=O) groups is 2. The lowest BCUT2D eigenvalue weighted by atomic mass is 10.0. The molecule has 0 bridgehead atoms. The molecule has 188 valence electrons. The highest BCUT2D eigenvalue weighted by Crippen LogP contribution is 2.37. The van der Waals surface area contributed by atoms with E-state index < -0.39 is 18.0 Å². The molecule has 1 aromatic heterocycles. The maximum absolute atomic E-state index is 12.9. The second-order valence-electron chi connectivity index (χ2n) is 8.61. The molecule has 1 aliphatic carbocycles. The second-order valence-corrected chi connectivity index (χ2v) is 10.8. The molecule has 0 spiro atoms. The van der Waals surface area contributed by atoms with E-state index >= 15 is 0 Å². The first-order valence-electron chi connectivity index (χ1n) is 11.7. The van der Waals surface area contributed by atoms with Gasteiger partial charge in [0, 0.05) is 22.9 Å². The Morgan fingerprint density at radius 3 is 2.68 bits per heavy atom. The van der Waals surface area contributed by atoms with E-state index in [0.717, 1.165) is 85.7 Å². The number of anilines is 1. The summed E-state index contributed by atoms with van der Waals surface area (Å²) < 4.78 is 38.6. The molecule has 2 amide bonds. The third-order valence-electron chi connectivity index (χ3n) is 6.16. The highest BCUT2D eigenvalue weighted by atomic mass is 32.2. The number of thiophene rings is 1. The van der Waals surface area contributed by atoms with E-state index in [1.165, 1.54) is 11.3 Å². The highest BCUT2D eigenvalue weighted by Gasteiger charge is 2.29. The molecule has 3 rings (SSSR count). The molecule has 34 heavy (non-hydrogen) atoms. The number of nitrogens with one attached hydrogen (secondary N) is 2. The predicted molar refractivity (Wildman–Crippen MR) is 134 cm³/mol. The van der Waals surface area contributed by atoms with Crippen molar-refractivity contribution >= 4 is 40.4 Å². The summed E-state index contributed by atoms with van der Waals surface area (Å²) in [5, 5.41) is 6.13. The lowest BCUT2D eigenvalue weighted by molar-refractivity contribution is -0.105. The Hall–Kier alpha value is -1.78. The number of halogens is 3. The minimum absolute atomic E-state index is 0.130. The van der Waals surface area contributed by atoms with Crippen LogP contribution in [0.2, 0.25) is 0 Å². The van der Waals surface area contributed by atoms with Gasteiger partial charge in [-0.05, 0) is 68.3 Å². The monoisotopic (exact) mass is 515 g/mol. The fourth-order valence-corrected chi connectivity index (χ4v) is 6.65. The van der Waals surface area contributed by atoms with Crippen molar-refractivity contribution in [3.8, 4) is 0 Å². The zero-order valence-electron chi connectivity index (χ0n) is 19.5. The van der Waals surface area contributed by atoms with Gasteiger partial charge in [-0.2, -0.15) is 13.2 Å². The number of thioether (sulfide) groups is 1. The quantitative estimate of drug-likeness (QED) is 0.321. The van der Waals surface area contributed by atoms with Crippen molar-refractivity contribution in [3.05, 3.63) is 38.6 Å². The van der Waals surface area contributed by atoms with Crippen molar-refractivity contribution in [2.45, 2.75) is 58.0 Å². The summed E-state index contributed by atoms with van der Waals surface area (Å²) in [7, 11) is 0. The number of aryl methyl sites for hydroxylation is 1. The second kappa shape index (κ2) is 12.3. The topological polar surface area (TPSA) is 61.4 Å². The zero-order chi connectivity index (χ0) is 24.7. The molecule has 5 nitrogen and oxygen atoms in total. The molecule has 0 saturated heterocycles. The summed E-state index contributed by atoms with van der Waals surface area (Å²) in [6.45, 7) is 8.24. The Kier molecular flexibility index (Phi) is 9.67. The third-order valence-corrected chi connectivity index (χ3v) is 8.58. The van der Waals surface area contributed by atoms with Crippen LogP contribution in [0.1, 0.15) is 59.8 Å². The molecular formula is C24H32F3N3O2S2. The number of alkyl halides is 3. The van der Waals surface area contributed by atoms with E-state index in [-0.39, 0.29) is 6.54 Å². The van der Waals surface area contributed by atoms with Crippen molar-refractivity contribution < 1.29 is 22.8 Å². The fraction of sp³-hybridized carbons (Fsp3) is 0.583. The average molecular weight is 516 g/mol. The Bertz CT molecular complexity index is 941. The van der Waals surface area contributed by atoms with Crippen LogP contribution >= 0.6 is 23.1 Å². The Morgan fingerprint density at radius 2 is 1.97 bits per heavy atom. The normalized spacial score (nSPS) is 17.5. The molecule has 2 aliphatic rings. The number of carbonyl (C=O) groups excluding carboxylic acids is 2. The number of amides is 2. The smallest absolute Gasteiger partial charge is 0.334 e. The van der Waals surface area contributed by atoms with Crippen LogP contribution in [0, 0.1) is 0 Å². The molecular weight excluding hydrogens is 483 g/mol. The third kappa shape index (κ3) is 7.36. The molecule has 2 N–H and O–H groups in total. The van der Waals surface area contributed by atoms with Gasteiger partial charge < -0.3 is 5.32 Å². The first-order chi connectivity index (χ1) is 16.2. The zero-order valence-corrected chi connectivity index (χ0v) is 21.1. The van der Waals surface area contributed by atoms with Crippen LogP contribution in [-0.2, 0) is 12.8 Å². The molecule has 0 radical (unpaired) electrons. The number of urea groups is 1. The van der Waals surface area contributed by atoms with Crippen LogP contribution in [0.5, 0.6) is 0 Å². The predicted octanol–water partition coefficient (Wildman–Crippen LogP) is 6.17. The first kappa shape index (κ1) is 26.8. The number of hydrogen-bond acceptors (Lipinski definition) is 5. The van der Waals surface area contributed by atoms with Gasteiger partial charge >= 0.3 is 12.2 Å². The maximum Gasteiger partial charge on any atom is 0.398 e. The maximum atomic E-state index is 12.9. The average Bonchev–Trinajstić information content (AvgIpc) is 2.96. The minimum atomic E-state index is -4.25. The molecule has 2 heterocycles. The van der Waals surface area contributed by atoms with Gasteiger partial charge in [0.1, 0.15) is 5.00 Å². The summed E-state index contributed by atoms with van der Waals surface area (Å²) in [6, 6.07) is -0.449. The fourth-order valence-electron chi connectivity index (χ4n) is 4.37. The molecule has 0 atom stereocenters. The summed E-state index contributed by atoms with van der Waals surface area (Å²) in [6.07, 6.45) is 3.05. The summed E-state index contributed by atoms with van der Waals surface area (Å²) in [4.78, 5) is 28.3. The van der Waals surface area contributed by atoms with Crippen LogP contribution in [-0.4, -0.2) is 55.3 Å². The van der Waals surface area contributed by atoms with Gasteiger partial charge in [0.15, 0.2) is 6.29 Å². The number of nitrogens with zero attached hydrogens (tertiary/aromatic N) is 1. The van der Waals surface area contributed by atoms with Crippen LogP contribution in [0.4, 0.5) is 23.0 Å². The molecule has 0 aromatic carbocycles. The minimum Gasteiger partial charge on any atom is -0.334 e. The molecule has 1 aliphatic heterocycles. The van der Waals surface area contributed by atoms with Gasteiger partial charge in [0.25, 0.3) is 0 Å². The number of fused-ring (bicyclic) bond motifs is 1. The number of hydrogen-bond donors (Lipinski definition) is 2. The van der Waals surface area contributed by atoms with Crippen LogP contribution < -0.4 is 10.6 Å². The van der Waals surface area contributed by atoms with Crippen LogP contribution in [0.15, 0.2) is 22.6 Å². The van der Waals surface area contributed by atoms with Crippen molar-refractivity contribution in [3.63, 3.8) is 0 Å². The van der Waals surface area contributed by atoms with E-state index in [1.807, 2.05) is 6.92 Å². The SMILES string of the molecule is C=C(CNC(=O)Nc1sc2c(c1C=O)CCCCC2)C1=C(SCC(F)(F)F)CN(CC)CCC1. The van der Waals surface area contributed by atoms with Crippen molar-refractivity contribution in [1.82, 2.24) is 10.2 Å². The van der Waals surface area contributed by atoms with Gasteiger partial charge in [-0.25, -0.2) is 4.79 Å². The van der Waals surface area contributed by atoms with Crippen LogP contribution in [0.3, 0.4) is 0 Å². The number of likely N-dealkylation sites (N-methyl/N-ethyl adjacent to an activating group) is 1. The molecule has 0 saturated carbocycles. The Balaban J connectivity index is 1.66. The van der Waals surface area contributed by atoms with Gasteiger partial charge in [-0.3, -0.25) is 15.0 Å². The largest absolute Gasteiger partial charge is 0.398 e. The summed E-state index contributed by atoms with van der Waals surface area (Å²) in [5.74, 6) is -0.942. The molecule has 1 aromatic rings. The van der Waals surface area contributed by atoms with E-state index in [4.69, 9.17) is 0 Å². The number of rotatable bonds is 8. The number of aldehydes is 1. The van der Waals surface area contributed by atoms with E-state index in [1.54, 1.807) is 0 Å². The van der Waals surface area contributed by atoms with Gasteiger partial charge in [0.05, 0.1) is 11.3 Å². The van der Waals surface area contributed by atoms with Crippen molar-refractivity contribution in [2.24, 2.45) is 0 Å². The first-order valence-corrected chi connectivity index (χ1v) is 13.5. The van der Waals surface area contributed by atoms with Gasteiger partial charge in [-0.1, -0.05) is 19.9 Å². The lowest BCUT2D eigenvalue weighted by Crippen LogP contribution is -2.30. The van der Waals surface area contributed by atoms with Crippen molar-refractivity contribution in [2.75, 3.05) is 37.2 Å². The van der Waals surface area contributed by atoms with E-state index in [0.29, 0.717) is 34.0 Å². The molecule has 0 fully saturated rings. The molecule has 10 heteroatoms. The standard InChI is InChI=1S/C24H32F3N3O2S2/c1-3-30-11-7-9-17(21(13-30)33-15-24(25,26)27)16(2)12-28-23(32)29-22-19(14-31)18-8-5-4-6-10-20(18)34-22/h14H,2-13,15H2,1H3,(H2,28,29,32). The van der Waals surface area contributed by atoms with Crippen molar-refractivity contribution in [1.29, 1.82) is 0 Å². The van der Waals surface area contributed by atoms with E-state index in [9.17, 15) is 22.8 Å². The lowest BCUT2D eigenvalue weighted by Gasteiger charge is -2.21. The molecule has 0 unspecified atom stereocenters. The highest BCUT2D eigenvalue weighted by molar-refractivity contribution is 8.03. The van der Waals surface area contributed by atoms with Crippen LogP contribution in [0.25, 0.3) is 0 Å². The Labute approximate surface area is 207 Å². The summed E-state index contributed by atoms with van der Waals surface area (Å²) >= 11 is 2.27. The Morgan fingerprint density at radius 1 is 1.21 bits per heavy atom. The summed E-state index contributed by atoms with van der Waals surface area (Å²) in [5.41, 5.74) is 3.04. The van der Waals surface area contributed by atoms with E-state index in [2.05, 4.69) is 22.1 Å². The van der Waals surface area contributed by atoms with Gasteiger partial charge in [0.2, 0.25) is 0 Å².